The molecule has 1 saturated carbocycles. The van der Waals surface area contributed by atoms with Crippen LogP contribution < -0.4 is 0 Å². The van der Waals surface area contributed by atoms with Crippen LogP contribution in [0.2, 0.25) is 5.02 Å². The van der Waals surface area contributed by atoms with Crippen molar-refractivity contribution in [3.63, 3.8) is 0 Å². The van der Waals surface area contributed by atoms with Crippen molar-refractivity contribution in [2.75, 3.05) is 12.4 Å². The van der Waals surface area contributed by atoms with E-state index in [0.717, 1.165) is 23.2 Å². The van der Waals surface area contributed by atoms with E-state index in [1.165, 1.54) is 12.8 Å². The first-order valence-corrected chi connectivity index (χ1v) is 7.55. The summed E-state index contributed by atoms with van der Waals surface area (Å²) in [6.07, 6.45) is 2.94. The van der Waals surface area contributed by atoms with Gasteiger partial charge in [0.2, 0.25) is 0 Å². The molecule has 1 unspecified atom stereocenters. The zero-order valence-electron chi connectivity index (χ0n) is 10.4. The fourth-order valence-corrected chi connectivity index (χ4v) is 3.24. The zero-order chi connectivity index (χ0) is 13.0. The minimum atomic E-state index is 0.356. The van der Waals surface area contributed by atoms with Gasteiger partial charge in [0.1, 0.15) is 6.07 Å². The van der Waals surface area contributed by atoms with Gasteiger partial charge in [-0.25, -0.2) is 0 Å². The van der Waals surface area contributed by atoms with Crippen LogP contribution in [-0.4, -0.2) is 18.5 Å². The number of thioether (sulfide) groups is 1. The van der Waals surface area contributed by atoms with Crippen LogP contribution >= 0.6 is 23.4 Å². The van der Waals surface area contributed by atoms with E-state index in [9.17, 15) is 0 Å². The van der Waals surface area contributed by atoms with Crippen molar-refractivity contribution in [2.45, 2.75) is 30.8 Å². The maximum atomic E-state index is 8.82. The van der Waals surface area contributed by atoms with Crippen LogP contribution in [0.1, 0.15) is 25.3 Å². The fraction of sp³-hybridized carbons (Fsp3) is 0.500. The Morgan fingerprint density at radius 2 is 2.33 bits per heavy atom. The molecule has 0 radical (unpaired) electrons. The molecule has 1 aliphatic rings. The summed E-state index contributed by atoms with van der Waals surface area (Å²) >= 11 is 7.77. The molecule has 0 N–H and O–H groups in total. The average Bonchev–Trinajstić information content (AvgIpc) is 3.19. The topological polar surface area (TPSA) is 33.0 Å². The summed E-state index contributed by atoms with van der Waals surface area (Å²) in [6.45, 7) is 2.81. The Kier molecular flexibility index (Phi) is 4.94. The van der Waals surface area contributed by atoms with E-state index in [4.69, 9.17) is 21.6 Å². The molecule has 4 heteroatoms. The summed E-state index contributed by atoms with van der Waals surface area (Å²) in [4.78, 5) is 1.10. The molecule has 18 heavy (non-hydrogen) atoms. The van der Waals surface area contributed by atoms with Crippen molar-refractivity contribution in [3.8, 4) is 6.07 Å². The lowest BCUT2D eigenvalue weighted by Crippen LogP contribution is -2.18. The van der Waals surface area contributed by atoms with Crippen LogP contribution in [0.15, 0.2) is 23.1 Å². The third kappa shape index (κ3) is 3.65. The van der Waals surface area contributed by atoms with Crippen molar-refractivity contribution in [1.82, 2.24) is 0 Å². The predicted molar refractivity (Wildman–Crippen MR) is 75.0 cm³/mol. The molecule has 1 aliphatic carbocycles. The van der Waals surface area contributed by atoms with E-state index < -0.39 is 0 Å². The SMILES string of the molecule is CCOC(CSc1ccc(C#N)c(Cl)c1)C1CC1. The monoisotopic (exact) mass is 281 g/mol. The molecule has 1 aromatic carbocycles. The van der Waals surface area contributed by atoms with Crippen molar-refractivity contribution in [2.24, 2.45) is 5.92 Å². The van der Waals surface area contributed by atoms with E-state index >= 15 is 0 Å². The van der Waals surface area contributed by atoms with Gasteiger partial charge in [-0.05, 0) is 43.9 Å². The number of hydrogen-bond acceptors (Lipinski definition) is 3. The molecule has 0 aromatic heterocycles. The smallest absolute Gasteiger partial charge is 0.101 e. The number of halogens is 1. The molecule has 1 fully saturated rings. The van der Waals surface area contributed by atoms with E-state index in [-0.39, 0.29) is 0 Å². The molecule has 1 aromatic rings. The highest BCUT2D eigenvalue weighted by Crippen LogP contribution is 2.37. The third-order valence-corrected chi connectivity index (χ3v) is 4.40. The van der Waals surface area contributed by atoms with Gasteiger partial charge in [-0.2, -0.15) is 5.26 Å². The summed E-state index contributed by atoms with van der Waals surface area (Å²) in [5.74, 6) is 1.70. The maximum absolute atomic E-state index is 8.82. The number of nitrogens with zero attached hydrogens (tertiary/aromatic N) is 1. The molecule has 0 spiro atoms. The summed E-state index contributed by atoms with van der Waals surface area (Å²) in [6, 6.07) is 7.66. The van der Waals surface area contributed by atoms with Gasteiger partial charge in [0.25, 0.3) is 0 Å². The minimum absolute atomic E-state index is 0.356. The number of benzene rings is 1. The van der Waals surface area contributed by atoms with E-state index in [0.29, 0.717) is 16.7 Å². The molecular weight excluding hydrogens is 266 g/mol. The van der Waals surface area contributed by atoms with Gasteiger partial charge in [-0.3, -0.25) is 0 Å². The maximum Gasteiger partial charge on any atom is 0.101 e. The van der Waals surface area contributed by atoms with E-state index in [1.54, 1.807) is 17.8 Å². The van der Waals surface area contributed by atoms with Gasteiger partial charge in [0, 0.05) is 17.3 Å². The minimum Gasteiger partial charge on any atom is -0.377 e. The van der Waals surface area contributed by atoms with Crippen LogP contribution in [0.25, 0.3) is 0 Å². The first kappa shape index (κ1) is 13.7. The fourth-order valence-electron chi connectivity index (χ4n) is 1.86. The normalized spacial score (nSPS) is 16.3. The predicted octanol–water partition coefficient (Wildman–Crippen LogP) is 4.12. The summed E-state index contributed by atoms with van der Waals surface area (Å²) in [5, 5.41) is 9.35. The number of nitriles is 1. The molecule has 2 rings (SSSR count). The Bertz CT molecular complexity index is 454. The molecule has 1 atom stereocenters. The molecule has 0 amide bonds. The van der Waals surface area contributed by atoms with Gasteiger partial charge in [0.05, 0.1) is 16.7 Å². The molecular formula is C14H16ClNOS. The lowest BCUT2D eigenvalue weighted by Gasteiger charge is -2.15. The third-order valence-electron chi connectivity index (χ3n) is 3.00. The average molecular weight is 282 g/mol. The van der Waals surface area contributed by atoms with Crippen molar-refractivity contribution >= 4 is 23.4 Å². The van der Waals surface area contributed by atoms with Crippen LogP contribution in [-0.2, 0) is 4.74 Å². The van der Waals surface area contributed by atoms with Gasteiger partial charge in [0.15, 0.2) is 0 Å². The lowest BCUT2D eigenvalue weighted by molar-refractivity contribution is 0.0643. The Hall–Kier alpha value is -0.690. The molecule has 2 nitrogen and oxygen atoms in total. The van der Waals surface area contributed by atoms with Crippen molar-refractivity contribution in [1.29, 1.82) is 5.26 Å². The summed E-state index contributed by atoms with van der Waals surface area (Å²) < 4.78 is 5.76. The van der Waals surface area contributed by atoms with E-state index in [1.807, 2.05) is 19.1 Å². The summed E-state index contributed by atoms with van der Waals surface area (Å²) in [5.41, 5.74) is 0.532. The van der Waals surface area contributed by atoms with Gasteiger partial charge in [-0.1, -0.05) is 11.6 Å². The van der Waals surface area contributed by atoms with Gasteiger partial charge >= 0.3 is 0 Å². The highest BCUT2D eigenvalue weighted by Gasteiger charge is 2.31. The Morgan fingerprint density at radius 3 is 2.89 bits per heavy atom. The zero-order valence-corrected chi connectivity index (χ0v) is 11.9. The van der Waals surface area contributed by atoms with E-state index in [2.05, 4.69) is 6.07 Å². The molecule has 0 bridgehead atoms. The highest BCUT2D eigenvalue weighted by molar-refractivity contribution is 7.99. The van der Waals surface area contributed by atoms with Crippen LogP contribution in [0.5, 0.6) is 0 Å². The van der Waals surface area contributed by atoms with Crippen LogP contribution in [0.3, 0.4) is 0 Å². The quantitative estimate of drug-likeness (QED) is 0.736. The second kappa shape index (κ2) is 6.47. The van der Waals surface area contributed by atoms with Crippen LogP contribution in [0, 0.1) is 17.2 Å². The first-order chi connectivity index (χ1) is 8.74. The van der Waals surface area contributed by atoms with Crippen molar-refractivity contribution in [3.05, 3.63) is 28.8 Å². The standard InChI is InChI=1S/C14H16ClNOS/c1-2-17-14(10-3-4-10)9-18-12-6-5-11(8-16)13(15)7-12/h5-7,10,14H,2-4,9H2,1H3. The number of rotatable bonds is 6. The lowest BCUT2D eigenvalue weighted by atomic mass is 10.2. The van der Waals surface area contributed by atoms with Crippen LogP contribution in [0.4, 0.5) is 0 Å². The van der Waals surface area contributed by atoms with Gasteiger partial charge < -0.3 is 4.74 Å². The molecule has 0 saturated heterocycles. The molecule has 0 heterocycles. The van der Waals surface area contributed by atoms with Gasteiger partial charge in [-0.15, -0.1) is 11.8 Å². The number of hydrogen-bond donors (Lipinski definition) is 0. The summed E-state index contributed by atoms with van der Waals surface area (Å²) in [7, 11) is 0. The van der Waals surface area contributed by atoms with Crippen molar-refractivity contribution < 1.29 is 4.74 Å². The number of ether oxygens (including phenoxy) is 1. The largest absolute Gasteiger partial charge is 0.377 e. The second-order valence-corrected chi connectivity index (χ2v) is 5.90. The molecule has 96 valence electrons. The first-order valence-electron chi connectivity index (χ1n) is 6.18. The Labute approximate surface area is 117 Å². The highest BCUT2D eigenvalue weighted by atomic mass is 35.5. The molecule has 0 aliphatic heterocycles. The second-order valence-electron chi connectivity index (χ2n) is 4.40. The Morgan fingerprint density at radius 1 is 1.56 bits per heavy atom. The Balaban J connectivity index is 1.92.